The molecular formula is C21H26FN3O2. The van der Waals surface area contributed by atoms with Crippen LogP contribution in [0.3, 0.4) is 0 Å². The van der Waals surface area contributed by atoms with E-state index >= 15 is 0 Å². The van der Waals surface area contributed by atoms with Crippen molar-refractivity contribution in [2.75, 3.05) is 26.3 Å². The number of ether oxygens (including phenoxy) is 1. The number of nitrogens with one attached hydrogen (secondary N) is 2. The van der Waals surface area contributed by atoms with E-state index < -0.39 is 0 Å². The second-order valence-corrected chi connectivity index (χ2v) is 6.82. The first kappa shape index (κ1) is 19.3. The third kappa shape index (κ3) is 6.05. The average molecular weight is 371 g/mol. The molecule has 0 unspecified atom stereocenters. The number of urea groups is 1. The summed E-state index contributed by atoms with van der Waals surface area (Å²) < 4.78 is 18.6. The number of hydrogen-bond acceptors (Lipinski definition) is 3. The first-order chi connectivity index (χ1) is 13.1. The minimum atomic E-state index is -0.241. The fraction of sp³-hybridized carbons (Fsp3) is 0.381. The molecule has 0 radical (unpaired) electrons. The molecule has 27 heavy (non-hydrogen) atoms. The van der Waals surface area contributed by atoms with Crippen LogP contribution >= 0.6 is 0 Å². The number of aryl methyl sites for hydroxylation is 1. The molecule has 144 valence electrons. The molecule has 5 nitrogen and oxygen atoms in total. The standard InChI is InChI=1S/C21H26FN3O2/c1-16-12-19(6-7-20(16)22)14-24-21(26)23-13-17-2-4-18(5-3-17)15-25-8-10-27-11-9-25/h2-7,12H,8-11,13-15H2,1H3,(H2,23,24,26). The first-order valence-corrected chi connectivity index (χ1v) is 9.25. The van der Waals surface area contributed by atoms with Crippen LogP contribution in [0.2, 0.25) is 0 Å². The molecule has 6 heteroatoms. The third-order valence-corrected chi connectivity index (χ3v) is 4.66. The quantitative estimate of drug-likeness (QED) is 0.821. The molecule has 1 fully saturated rings. The SMILES string of the molecule is Cc1cc(CNC(=O)NCc2ccc(CN3CCOCC3)cc2)ccc1F. The molecule has 0 aromatic heterocycles. The van der Waals surface area contributed by atoms with Gasteiger partial charge in [0.05, 0.1) is 13.2 Å². The summed E-state index contributed by atoms with van der Waals surface area (Å²) in [6.45, 7) is 7.01. The summed E-state index contributed by atoms with van der Waals surface area (Å²) in [4.78, 5) is 14.3. The van der Waals surface area contributed by atoms with Gasteiger partial charge in [-0.2, -0.15) is 0 Å². The lowest BCUT2D eigenvalue weighted by molar-refractivity contribution is 0.0342. The van der Waals surface area contributed by atoms with Gasteiger partial charge in [-0.15, -0.1) is 0 Å². The summed E-state index contributed by atoms with van der Waals surface area (Å²) >= 11 is 0. The highest BCUT2D eigenvalue weighted by atomic mass is 19.1. The molecule has 1 saturated heterocycles. The van der Waals surface area contributed by atoms with Gasteiger partial charge in [-0.1, -0.05) is 36.4 Å². The highest BCUT2D eigenvalue weighted by Gasteiger charge is 2.10. The molecule has 0 aliphatic carbocycles. The Labute approximate surface area is 159 Å². The van der Waals surface area contributed by atoms with E-state index in [9.17, 15) is 9.18 Å². The topological polar surface area (TPSA) is 53.6 Å². The fourth-order valence-electron chi connectivity index (χ4n) is 3.02. The number of rotatable bonds is 6. The molecule has 2 amide bonds. The Bertz CT molecular complexity index is 759. The zero-order chi connectivity index (χ0) is 19.1. The molecule has 0 saturated carbocycles. The maximum absolute atomic E-state index is 13.3. The van der Waals surface area contributed by atoms with Crippen LogP contribution in [-0.4, -0.2) is 37.2 Å². The second kappa shape index (κ2) is 9.48. The number of morpholine rings is 1. The van der Waals surface area contributed by atoms with Gasteiger partial charge in [0.2, 0.25) is 0 Å². The molecule has 0 spiro atoms. The molecule has 1 aliphatic heterocycles. The lowest BCUT2D eigenvalue weighted by Crippen LogP contribution is -2.35. The molecule has 1 heterocycles. The molecule has 2 N–H and O–H groups in total. The minimum absolute atomic E-state index is 0.236. The Morgan fingerprint density at radius 2 is 1.59 bits per heavy atom. The number of halogens is 1. The van der Waals surface area contributed by atoms with E-state index in [-0.39, 0.29) is 11.8 Å². The van der Waals surface area contributed by atoms with Gasteiger partial charge in [0.25, 0.3) is 0 Å². The maximum atomic E-state index is 13.3. The van der Waals surface area contributed by atoms with Crippen LogP contribution in [0, 0.1) is 12.7 Å². The number of amides is 2. The highest BCUT2D eigenvalue weighted by molar-refractivity contribution is 5.73. The lowest BCUT2D eigenvalue weighted by atomic mass is 10.1. The van der Waals surface area contributed by atoms with Crippen molar-refractivity contribution in [1.29, 1.82) is 0 Å². The van der Waals surface area contributed by atoms with Crippen LogP contribution < -0.4 is 10.6 Å². The monoisotopic (exact) mass is 371 g/mol. The van der Waals surface area contributed by atoms with Crippen LogP contribution in [0.25, 0.3) is 0 Å². The van der Waals surface area contributed by atoms with Crippen LogP contribution in [0.15, 0.2) is 42.5 Å². The molecule has 3 rings (SSSR count). The number of hydrogen-bond donors (Lipinski definition) is 2. The van der Waals surface area contributed by atoms with Gasteiger partial charge >= 0.3 is 6.03 Å². The summed E-state index contributed by atoms with van der Waals surface area (Å²) in [7, 11) is 0. The van der Waals surface area contributed by atoms with Crippen molar-refractivity contribution >= 4 is 6.03 Å². The van der Waals surface area contributed by atoms with Gasteiger partial charge in [-0.05, 0) is 35.2 Å². The van der Waals surface area contributed by atoms with Crippen molar-refractivity contribution in [3.63, 3.8) is 0 Å². The summed E-state index contributed by atoms with van der Waals surface area (Å²) in [5.41, 5.74) is 3.76. The van der Waals surface area contributed by atoms with Crippen molar-refractivity contribution in [1.82, 2.24) is 15.5 Å². The first-order valence-electron chi connectivity index (χ1n) is 9.25. The van der Waals surface area contributed by atoms with E-state index in [2.05, 4.69) is 27.7 Å². The van der Waals surface area contributed by atoms with Gasteiger partial charge in [0, 0.05) is 32.7 Å². The Balaban J connectivity index is 1.41. The number of benzene rings is 2. The normalized spacial score (nSPS) is 14.7. The van der Waals surface area contributed by atoms with Crippen molar-refractivity contribution in [2.24, 2.45) is 0 Å². The fourth-order valence-corrected chi connectivity index (χ4v) is 3.02. The van der Waals surface area contributed by atoms with Crippen molar-refractivity contribution in [3.8, 4) is 0 Å². The van der Waals surface area contributed by atoms with Crippen molar-refractivity contribution in [2.45, 2.75) is 26.6 Å². The Morgan fingerprint density at radius 1 is 1.00 bits per heavy atom. The van der Waals surface area contributed by atoms with Crippen LogP contribution in [0.5, 0.6) is 0 Å². The maximum Gasteiger partial charge on any atom is 0.315 e. The summed E-state index contributed by atoms with van der Waals surface area (Å²) in [6.07, 6.45) is 0. The van der Waals surface area contributed by atoms with Crippen LogP contribution in [0.4, 0.5) is 9.18 Å². The smallest absolute Gasteiger partial charge is 0.315 e. The minimum Gasteiger partial charge on any atom is -0.379 e. The van der Waals surface area contributed by atoms with E-state index in [0.29, 0.717) is 18.7 Å². The zero-order valence-corrected chi connectivity index (χ0v) is 15.6. The van der Waals surface area contributed by atoms with E-state index in [1.165, 1.54) is 11.6 Å². The number of carbonyl (C=O) groups is 1. The molecule has 1 aliphatic rings. The Kier molecular flexibility index (Phi) is 6.79. The summed E-state index contributed by atoms with van der Waals surface area (Å²) in [5, 5.41) is 5.64. The van der Waals surface area contributed by atoms with E-state index in [1.54, 1.807) is 19.1 Å². The number of nitrogens with zero attached hydrogens (tertiary/aromatic N) is 1. The van der Waals surface area contributed by atoms with Crippen LogP contribution in [0.1, 0.15) is 22.3 Å². The molecule has 2 aromatic carbocycles. The van der Waals surface area contributed by atoms with Gasteiger partial charge in [-0.3, -0.25) is 4.90 Å². The molecule has 0 bridgehead atoms. The van der Waals surface area contributed by atoms with E-state index in [1.807, 2.05) is 12.1 Å². The largest absolute Gasteiger partial charge is 0.379 e. The molecule has 0 atom stereocenters. The third-order valence-electron chi connectivity index (χ3n) is 4.66. The van der Waals surface area contributed by atoms with Gasteiger partial charge in [-0.25, -0.2) is 9.18 Å². The van der Waals surface area contributed by atoms with Crippen molar-refractivity contribution < 1.29 is 13.9 Å². The predicted octanol–water partition coefficient (Wildman–Crippen LogP) is 2.97. The lowest BCUT2D eigenvalue weighted by Gasteiger charge is -2.26. The molecule has 2 aromatic rings. The van der Waals surface area contributed by atoms with Gasteiger partial charge < -0.3 is 15.4 Å². The number of carbonyl (C=O) groups excluding carboxylic acids is 1. The van der Waals surface area contributed by atoms with Gasteiger partial charge in [0.1, 0.15) is 5.82 Å². The average Bonchev–Trinajstić information content (AvgIpc) is 2.69. The van der Waals surface area contributed by atoms with E-state index in [4.69, 9.17) is 4.74 Å². The predicted molar refractivity (Wildman–Crippen MR) is 103 cm³/mol. The summed E-state index contributed by atoms with van der Waals surface area (Å²) in [5.74, 6) is -0.236. The van der Waals surface area contributed by atoms with Crippen LogP contribution in [-0.2, 0) is 24.4 Å². The van der Waals surface area contributed by atoms with Gasteiger partial charge in [0.15, 0.2) is 0 Å². The molecular weight excluding hydrogens is 345 g/mol. The summed E-state index contributed by atoms with van der Waals surface area (Å²) in [6, 6.07) is 12.9. The highest BCUT2D eigenvalue weighted by Crippen LogP contribution is 2.10. The van der Waals surface area contributed by atoms with Crippen molar-refractivity contribution in [3.05, 3.63) is 70.5 Å². The second-order valence-electron chi connectivity index (χ2n) is 6.82. The zero-order valence-electron chi connectivity index (χ0n) is 15.6. The Morgan fingerprint density at radius 3 is 2.26 bits per heavy atom. The Hall–Kier alpha value is -2.44. The van der Waals surface area contributed by atoms with E-state index in [0.717, 1.165) is 44.0 Å².